The lowest BCUT2D eigenvalue weighted by molar-refractivity contribution is -0.139. The van der Waals surface area contributed by atoms with Gasteiger partial charge in [-0.2, -0.15) is 0 Å². The monoisotopic (exact) mass is 388 g/mol. The molecule has 0 aliphatic rings. The van der Waals surface area contributed by atoms with Crippen LogP contribution in [0.3, 0.4) is 0 Å². The van der Waals surface area contributed by atoms with Gasteiger partial charge in [-0.15, -0.1) is 0 Å². The number of aromatic hydroxyl groups is 1. The van der Waals surface area contributed by atoms with Crippen LogP contribution in [0.1, 0.15) is 33.6 Å². The first-order chi connectivity index (χ1) is 13.3. The summed E-state index contributed by atoms with van der Waals surface area (Å²) < 4.78 is 15.6. The summed E-state index contributed by atoms with van der Waals surface area (Å²) in [6.07, 6.45) is 5.81. The van der Waals surface area contributed by atoms with Crippen molar-refractivity contribution in [2.45, 2.75) is 33.6 Å². The molecular weight excluding hydrogens is 364 g/mol. The molecule has 150 valence electrons. The van der Waals surface area contributed by atoms with Gasteiger partial charge in [0.25, 0.3) is 0 Å². The number of ether oxygens (including phenoxy) is 2. The number of carboxylic acid groups (broad SMARTS) is 1. The van der Waals surface area contributed by atoms with Crippen LogP contribution in [0, 0.1) is 0 Å². The van der Waals surface area contributed by atoms with Gasteiger partial charge in [0.2, 0.25) is 5.75 Å². The van der Waals surface area contributed by atoms with E-state index >= 15 is 0 Å². The van der Waals surface area contributed by atoms with Crippen molar-refractivity contribution in [3.05, 3.63) is 51.9 Å². The van der Waals surface area contributed by atoms with Gasteiger partial charge in [-0.3, -0.25) is 0 Å². The third kappa shape index (κ3) is 5.90. The number of fused-ring (bicyclic) bond motifs is 1. The summed E-state index contributed by atoms with van der Waals surface area (Å²) in [7, 11) is 0. The zero-order valence-electron chi connectivity index (χ0n) is 16.2. The van der Waals surface area contributed by atoms with Crippen LogP contribution in [-0.4, -0.2) is 29.4 Å². The molecular formula is C21H24O7. The molecule has 7 heteroatoms. The van der Waals surface area contributed by atoms with E-state index in [-0.39, 0.29) is 34.8 Å². The van der Waals surface area contributed by atoms with Gasteiger partial charge in [0.05, 0.1) is 5.39 Å². The van der Waals surface area contributed by atoms with Gasteiger partial charge >= 0.3 is 11.6 Å². The highest BCUT2D eigenvalue weighted by molar-refractivity contribution is 5.86. The zero-order valence-corrected chi connectivity index (χ0v) is 16.2. The lowest BCUT2D eigenvalue weighted by Gasteiger charge is -2.09. The maximum absolute atomic E-state index is 12.1. The Balaban J connectivity index is 2.13. The van der Waals surface area contributed by atoms with Crippen LogP contribution in [-0.2, 0) is 4.79 Å². The molecule has 0 fully saturated rings. The Morgan fingerprint density at radius 1 is 1.18 bits per heavy atom. The summed E-state index contributed by atoms with van der Waals surface area (Å²) in [6, 6.07) is 4.29. The molecule has 2 aromatic rings. The highest BCUT2D eigenvalue weighted by atomic mass is 16.5. The van der Waals surface area contributed by atoms with Gasteiger partial charge in [-0.1, -0.05) is 17.2 Å². The van der Waals surface area contributed by atoms with Crippen LogP contribution in [0.2, 0.25) is 0 Å². The molecule has 0 aliphatic carbocycles. The average molecular weight is 388 g/mol. The van der Waals surface area contributed by atoms with Crippen LogP contribution < -0.4 is 15.1 Å². The van der Waals surface area contributed by atoms with E-state index in [4.69, 9.17) is 19.0 Å². The Bertz CT molecular complexity index is 963. The van der Waals surface area contributed by atoms with Gasteiger partial charge in [0.1, 0.15) is 17.9 Å². The Morgan fingerprint density at radius 2 is 1.93 bits per heavy atom. The van der Waals surface area contributed by atoms with Gasteiger partial charge in [-0.05, 0) is 51.8 Å². The molecule has 0 bridgehead atoms. The van der Waals surface area contributed by atoms with E-state index < -0.39 is 18.2 Å². The van der Waals surface area contributed by atoms with E-state index in [0.29, 0.717) is 0 Å². The average Bonchev–Trinajstić information content (AvgIpc) is 2.62. The molecule has 0 saturated carbocycles. The minimum Gasteiger partial charge on any atom is -0.504 e. The standard InChI is InChI=1S/C21H24O7/c1-13(2)5-4-6-14(3)9-10-26-20-19(24)16-8-7-15(27-12-18(22)23)11-17(16)28-21(20)25/h5,7-9,11,24H,4,6,10,12H2,1-3H3,(H,22,23). The highest BCUT2D eigenvalue weighted by Crippen LogP contribution is 2.33. The second kappa shape index (κ2) is 9.64. The van der Waals surface area contributed by atoms with Crippen LogP contribution in [0.5, 0.6) is 17.2 Å². The van der Waals surface area contributed by atoms with Crippen molar-refractivity contribution in [3.63, 3.8) is 0 Å². The van der Waals surface area contributed by atoms with E-state index in [1.54, 1.807) is 0 Å². The molecule has 7 nitrogen and oxygen atoms in total. The van der Waals surface area contributed by atoms with Crippen LogP contribution in [0.15, 0.2) is 50.7 Å². The number of carbonyl (C=O) groups is 1. The van der Waals surface area contributed by atoms with Crippen molar-refractivity contribution in [2.24, 2.45) is 0 Å². The van der Waals surface area contributed by atoms with Crippen LogP contribution in [0.25, 0.3) is 11.0 Å². The molecule has 0 spiro atoms. The summed E-state index contributed by atoms with van der Waals surface area (Å²) in [4.78, 5) is 22.7. The van der Waals surface area contributed by atoms with Gasteiger partial charge in [0.15, 0.2) is 12.4 Å². The first kappa shape index (κ1) is 21.1. The van der Waals surface area contributed by atoms with Crippen LogP contribution >= 0.6 is 0 Å². The molecule has 0 aliphatic heterocycles. The number of hydrogen-bond donors (Lipinski definition) is 2. The number of allylic oxidation sites excluding steroid dienone is 3. The van der Waals surface area contributed by atoms with Gasteiger partial charge in [-0.25, -0.2) is 9.59 Å². The predicted octanol–water partition coefficient (Wildman–Crippen LogP) is 4.03. The quantitative estimate of drug-likeness (QED) is 0.493. The fourth-order valence-corrected chi connectivity index (χ4v) is 2.47. The lowest BCUT2D eigenvalue weighted by Crippen LogP contribution is -2.10. The minimum absolute atomic E-state index is 0.0752. The first-order valence-electron chi connectivity index (χ1n) is 8.84. The maximum Gasteiger partial charge on any atom is 0.383 e. The Morgan fingerprint density at radius 3 is 2.61 bits per heavy atom. The SMILES string of the molecule is CC(C)=CCCC(C)=CCOc1c(O)c2ccc(OCC(=O)O)cc2oc1=O. The largest absolute Gasteiger partial charge is 0.504 e. The summed E-state index contributed by atoms with van der Waals surface area (Å²) >= 11 is 0. The molecule has 0 radical (unpaired) electrons. The molecule has 0 saturated heterocycles. The Labute approximate surface area is 162 Å². The number of benzene rings is 1. The first-order valence-corrected chi connectivity index (χ1v) is 8.84. The van der Waals surface area contributed by atoms with Crippen molar-refractivity contribution in [3.8, 4) is 17.2 Å². The summed E-state index contributed by atoms with van der Waals surface area (Å²) in [5.74, 6) is -1.51. The van der Waals surface area contributed by atoms with Crippen molar-refractivity contribution in [1.29, 1.82) is 0 Å². The predicted molar refractivity (Wildman–Crippen MR) is 105 cm³/mol. The van der Waals surface area contributed by atoms with E-state index in [9.17, 15) is 14.7 Å². The molecule has 0 atom stereocenters. The van der Waals surface area contributed by atoms with Crippen molar-refractivity contribution in [2.75, 3.05) is 13.2 Å². The molecule has 2 rings (SSSR count). The highest BCUT2D eigenvalue weighted by Gasteiger charge is 2.16. The van der Waals surface area contributed by atoms with Crippen molar-refractivity contribution >= 4 is 16.9 Å². The fraction of sp³-hybridized carbons (Fsp3) is 0.333. The second-order valence-electron chi connectivity index (χ2n) is 6.59. The molecule has 1 aromatic heterocycles. The number of carboxylic acids is 1. The van der Waals surface area contributed by atoms with E-state index in [2.05, 4.69) is 6.08 Å². The van der Waals surface area contributed by atoms with E-state index in [1.165, 1.54) is 23.8 Å². The molecule has 0 unspecified atom stereocenters. The number of aliphatic carboxylic acids is 1. The normalized spacial score (nSPS) is 11.3. The lowest BCUT2D eigenvalue weighted by atomic mass is 10.1. The molecule has 2 N–H and O–H groups in total. The minimum atomic E-state index is -1.13. The topological polar surface area (TPSA) is 106 Å². The van der Waals surface area contributed by atoms with Gasteiger partial charge < -0.3 is 24.1 Å². The summed E-state index contributed by atoms with van der Waals surface area (Å²) in [5, 5.41) is 19.3. The molecule has 28 heavy (non-hydrogen) atoms. The van der Waals surface area contributed by atoms with E-state index in [0.717, 1.165) is 18.4 Å². The molecule has 0 amide bonds. The molecule has 1 aromatic carbocycles. The summed E-state index contributed by atoms with van der Waals surface area (Å²) in [6.45, 7) is 5.67. The van der Waals surface area contributed by atoms with Gasteiger partial charge in [0, 0.05) is 6.07 Å². The Kier molecular flexibility index (Phi) is 7.26. The van der Waals surface area contributed by atoms with E-state index in [1.807, 2.05) is 26.8 Å². The van der Waals surface area contributed by atoms with Crippen LogP contribution in [0.4, 0.5) is 0 Å². The Hall–Kier alpha value is -3.22. The zero-order chi connectivity index (χ0) is 20.7. The fourth-order valence-electron chi connectivity index (χ4n) is 2.47. The summed E-state index contributed by atoms with van der Waals surface area (Å²) in [5.41, 5.74) is 1.63. The number of hydrogen-bond acceptors (Lipinski definition) is 6. The van der Waals surface area contributed by atoms with Crippen molar-refractivity contribution < 1.29 is 28.9 Å². The smallest absolute Gasteiger partial charge is 0.383 e. The number of rotatable bonds is 9. The molecule has 1 heterocycles. The second-order valence-corrected chi connectivity index (χ2v) is 6.59. The third-order valence-electron chi connectivity index (χ3n) is 3.92. The van der Waals surface area contributed by atoms with Crippen molar-refractivity contribution in [1.82, 2.24) is 0 Å². The maximum atomic E-state index is 12.1. The third-order valence-corrected chi connectivity index (χ3v) is 3.92.